The molecule has 0 saturated heterocycles. The van der Waals surface area contributed by atoms with Crippen LogP contribution >= 0.6 is 0 Å². The van der Waals surface area contributed by atoms with Crippen LogP contribution in [0.15, 0.2) is 78.5 Å². The lowest BCUT2D eigenvalue weighted by atomic mass is 10.0. The third-order valence-electron chi connectivity index (χ3n) is 6.36. The zero-order valence-corrected chi connectivity index (χ0v) is 19.2. The molecule has 1 aromatic heterocycles. The summed E-state index contributed by atoms with van der Waals surface area (Å²) in [6.45, 7) is 1.72. The maximum Gasteiger partial charge on any atom is 0.323 e. The van der Waals surface area contributed by atoms with Gasteiger partial charge < -0.3 is 9.67 Å². The molecule has 1 amide bonds. The number of aliphatic carboxylic acids is 1. The Morgan fingerprint density at radius 3 is 2.23 bits per heavy atom. The molecule has 5 rings (SSSR count). The van der Waals surface area contributed by atoms with Crippen molar-refractivity contribution in [3.05, 3.63) is 101 Å². The molecule has 6 nitrogen and oxygen atoms in total. The minimum absolute atomic E-state index is 0.0218. The highest BCUT2D eigenvalue weighted by molar-refractivity contribution is 6.16. The maximum atomic E-state index is 13.9. The van der Waals surface area contributed by atoms with Crippen LogP contribution < -0.4 is 4.90 Å². The molecule has 0 aliphatic carbocycles. The molecule has 1 N–H and O–H groups in total. The first-order valence-electron chi connectivity index (χ1n) is 11.4. The Morgan fingerprint density at radius 2 is 1.63 bits per heavy atom. The highest BCUT2D eigenvalue weighted by Crippen LogP contribution is 2.37. The lowest BCUT2D eigenvalue weighted by molar-refractivity contribution is -0.137. The highest BCUT2D eigenvalue weighted by Gasteiger charge is 2.28. The van der Waals surface area contributed by atoms with Gasteiger partial charge in [-0.05, 0) is 60.7 Å². The molecule has 1 aliphatic rings. The van der Waals surface area contributed by atoms with Crippen LogP contribution in [0.1, 0.15) is 22.3 Å². The molecule has 0 radical (unpaired) electrons. The number of aryl methyl sites for hydroxylation is 3. The molecular formula is C29H23N3O3. The number of rotatable bonds is 4. The van der Waals surface area contributed by atoms with E-state index >= 15 is 0 Å². The van der Waals surface area contributed by atoms with Crippen molar-refractivity contribution in [1.29, 1.82) is 5.26 Å². The van der Waals surface area contributed by atoms with Gasteiger partial charge >= 0.3 is 5.97 Å². The Hall–Kier alpha value is -4.63. The molecule has 172 valence electrons. The van der Waals surface area contributed by atoms with E-state index in [1.165, 1.54) is 0 Å². The number of aromatic nitrogens is 1. The first kappa shape index (κ1) is 22.2. The first-order chi connectivity index (χ1) is 17.0. The molecular weight excluding hydrogens is 438 g/mol. The third-order valence-corrected chi connectivity index (χ3v) is 6.36. The molecule has 0 atom stereocenters. The van der Waals surface area contributed by atoms with Crippen LogP contribution in [0, 0.1) is 18.3 Å². The summed E-state index contributed by atoms with van der Waals surface area (Å²) in [5.41, 5.74) is 5.97. The predicted molar refractivity (Wildman–Crippen MR) is 135 cm³/mol. The molecule has 0 unspecified atom stereocenters. The quantitative estimate of drug-likeness (QED) is 0.325. The SMILES string of the molecule is Cc1ccc2c(C=C(C#N)C(=O)N3c4ccccc4CCc4ccccc43)cn(CC(=O)O)c2c1. The third kappa shape index (κ3) is 4.09. The van der Waals surface area contributed by atoms with Crippen LogP contribution in [0.2, 0.25) is 0 Å². The fraction of sp³-hybridized carbons (Fsp3) is 0.138. The molecule has 2 heterocycles. The van der Waals surface area contributed by atoms with E-state index in [1.807, 2.05) is 73.7 Å². The van der Waals surface area contributed by atoms with Gasteiger partial charge in [0.1, 0.15) is 18.2 Å². The molecule has 0 spiro atoms. The largest absolute Gasteiger partial charge is 0.480 e. The first-order valence-corrected chi connectivity index (χ1v) is 11.4. The van der Waals surface area contributed by atoms with Gasteiger partial charge in [0.2, 0.25) is 0 Å². The normalized spacial score (nSPS) is 13.0. The zero-order valence-electron chi connectivity index (χ0n) is 19.2. The Balaban J connectivity index is 1.65. The molecule has 0 fully saturated rings. The summed E-state index contributed by atoms with van der Waals surface area (Å²) in [7, 11) is 0. The van der Waals surface area contributed by atoms with Gasteiger partial charge in [-0.25, -0.2) is 0 Å². The Bertz CT molecular complexity index is 1510. The van der Waals surface area contributed by atoms with Gasteiger partial charge in [-0.2, -0.15) is 5.26 Å². The van der Waals surface area contributed by atoms with Crippen LogP contribution in [0.5, 0.6) is 0 Å². The molecule has 4 aromatic rings. The number of nitrogens with zero attached hydrogens (tertiary/aromatic N) is 3. The summed E-state index contributed by atoms with van der Waals surface area (Å²) in [5, 5.41) is 20.2. The number of fused-ring (bicyclic) bond motifs is 3. The lowest BCUT2D eigenvalue weighted by Crippen LogP contribution is -2.28. The van der Waals surface area contributed by atoms with E-state index in [0.717, 1.165) is 51.8 Å². The number of carboxylic acid groups (broad SMARTS) is 1. The van der Waals surface area contributed by atoms with E-state index in [0.29, 0.717) is 5.56 Å². The molecule has 6 heteroatoms. The van der Waals surface area contributed by atoms with Gasteiger partial charge in [0.15, 0.2) is 0 Å². The van der Waals surface area contributed by atoms with E-state index in [9.17, 15) is 20.0 Å². The number of hydrogen-bond acceptors (Lipinski definition) is 3. The number of para-hydroxylation sites is 2. The molecule has 0 bridgehead atoms. The molecule has 0 saturated carbocycles. The molecule has 3 aromatic carbocycles. The number of carbonyl (C=O) groups excluding carboxylic acids is 1. The predicted octanol–water partition coefficient (Wildman–Crippen LogP) is 5.40. The number of hydrogen-bond donors (Lipinski definition) is 1. The Labute approximate surface area is 203 Å². The summed E-state index contributed by atoms with van der Waals surface area (Å²) in [6.07, 6.45) is 4.84. The van der Waals surface area contributed by atoms with Gasteiger partial charge in [-0.3, -0.25) is 14.5 Å². The molecule has 35 heavy (non-hydrogen) atoms. The minimum Gasteiger partial charge on any atom is -0.480 e. The van der Waals surface area contributed by atoms with Crippen LogP contribution in [-0.4, -0.2) is 21.6 Å². The van der Waals surface area contributed by atoms with E-state index in [-0.39, 0.29) is 12.1 Å². The van der Waals surface area contributed by atoms with Crippen molar-refractivity contribution in [2.45, 2.75) is 26.3 Å². The van der Waals surface area contributed by atoms with Crippen molar-refractivity contribution in [3.63, 3.8) is 0 Å². The smallest absolute Gasteiger partial charge is 0.323 e. The lowest BCUT2D eigenvalue weighted by Gasteiger charge is -2.24. The fourth-order valence-corrected chi connectivity index (χ4v) is 4.74. The van der Waals surface area contributed by atoms with Crippen molar-refractivity contribution in [2.24, 2.45) is 0 Å². The number of carboxylic acids is 1. The maximum absolute atomic E-state index is 13.9. The zero-order chi connectivity index (χ0) is 24.5. The van der Waals surface area contributed by atoms with Crippen LogP contribution in [0.3, 0.4) is 0 Å². The standard InChI is InChI=1S/C29H23N3O3/c1-19-10-13-24-23(17-31(18-28(33)34)27(24)14-19)15-22(16-30)29(35)32-25-8-4-2-6-20(25)11-12-21-7-3-5-9-26(21)32/h2-10,13-15,17H,11-12,18H2,1H3,(H,33,34). The van der Waals surface area contributed by atoms with Crippen LogP contribution in [0.4, 0.5) is 11.4 Å². The summed E-state index contributed by atoms with van der Waals surface area (Å²) >= 11 is 0. The number of anilines is 2. The number of carbonyl (C=O) groups is 2. The summed E-state index contributed by atoms with van der Waals surface area (Å²) < 4.78 is 1.63. The summed E-state index contributed by atoms with van der Waals surface area (Å²) in [6, 6.07) is 23.4. The van der Waals surface area contributed by atoms with Gasteiger partial charge in [-0.15, -0.1) is 0 Å². The molecule has 1 aliphatic heterocycles. The summed E-state index contributed by atoms with van der Waals surface area (Å²) in [5.74, 6) is -1.38. The average Bonchev–Trinajstić information content (AvgIpc) is 3.07. The van der Waals surface area contributed by atoms with Gasteiger partial charge in [0, 0.05) is 22.7 Å². The monoisotopic (exact) mass is 461 g/mol. The van der Waals surface area contributed by atoms with E-state index in [4.69, 9.17) is 0 Å². The fourth-order valence-electron chi connectivity index (χ4n) is 4.74. The number of benzene rings is 3. The van der Waals surface area contributed by atoms with Crippen LogP contribution in [0.25, 0.3) is 17.0 Å². The van der Waals surface area contributed by atoms with Gasteiger partial charge in [0.05, 0.1) is 11.4 Å². The van der Waals surface area contributed by atoms with Crippen molar-refractivity contribution in [1.82, 2.24) is 4.57 Å². The van der Waals surface area contributed by atoms with Crippen molar-refractivity contribution < 1.29 is 14.7 Å². The van der Waals surface area contributed by atoms with Crippen LogP contribution in [-0.2, 0) is 29.0 Å². The number of nitriles is 1. The van der Waals surface area contributed by atoms with E-state index in [2.05, 4.69) is 6.07 Å². The van der Waals surface area contributed by atoms with Gasteiger partial charge in [0.25, 0.3) is 5.91 Å². The van der Waals surface area contributed by atoms with Crippen molar-refractivity contribution in [3.8, 4) is 6.07 Å². The van der Waals surface area contributed by atoms with Crippen molar-refractivity contribution >= 4 is 40.2 Å². The average molecular weight is 462 g/mol. The summed E-state index contributed by atoms with van der Waals surface area (Å²) in [4.78, 5) is 27.0. The second-order valence-corrected chi connectivity index (χ2v) is 8.69. The van der Waals surface area contributed by atoms with Gasteiger partial charge in [-0.1, -0.05) is 48.5 Å². The Kier molecular flexibility index (Phi) is 5.68. The topological polar surface area (TPSA) is 86.3 Å². The van der Waals surface area contributed by atoms with Crippen molar-refractivity contribution in [2.75, 3.05) is 4.90 Å². The second kappa shape index (κ2) is 8.96. The minimum atomic E-state index is -0.965. The second-order valence-electron chi connectivity index (χ2n) is 8.69. The Morgan fingerprint density at radius 1 is 1.00 bits per heavy atom. The number of amides is 1. The van der Waals surface area contributed by atoms with E-state index in [1.54, 1.807) is 21.7 Å². The van der Waals surface area contributed by atoms with E-state index < -0.39 is 11.9 Å². The highest BCUT2D eigenvalue weighted by atomic mass is 16.4.